The molecule has 5 N–H and O–H groups in total. The lowest BCUT2D eigenvalue weighted by Gasteiger charge is -2.24. The minimum Gasteiger partial charge on any atom is -0.489 e. The van der Waals surface area contributed by atoms with E-state index in [1.165, 1.54) is 37.1 Å². The van der Waals surface area contributed by atoms with Gasteiger partial charge in [0.2, 0.25) is 0 Å². The molecule has 31 heavy (non-hydrogen) atoms. The Kier molecular flexibility index (Phi) is 6.60. The molecule has 0 aromatic carbocycles. The zero-order valence-electron chi connectivity index (χ0n) is 18.5. The summed E-state index contributed by atoms with van der Waals surface area (Å²) in [4.78, 5) is 6.44. The van der Waals surface area contributed by atoms with E-state index in [-0.39, 0.29) is 6.10 Å². The molecule has 0 spiro atoms. The van der Waals surface area contributed by atoms with Crippen LogP contribution in [0.1, 0.15) is 56.3 Å². The number of nitrogens with zero attached hydrogens (tertiary/aromatic N) is 5. The van der Waals surface area contributed by atoms with Crippen LogP contribution >= 0.6 is 0 Å². The van der Waals surface area contributed by atoms with Gasteiger partial charge in [0.1, 0.15) is 5.75 Å². The molecule has 168 valence electrons. The molecule has 9 heteroatoms. The molecule has 0 atom stereocenters. The molecule has 2 aliphatic rings. The number of ether oxygens (including phenoxy) is 1. The number of nitrogens with one attached hydrogen (secondary N) is 1. The summed E-state index contributed by atoms with van der Waals surface area (Å²) in [5, 5.41) is 13.6. The summed E-state index contributed by atoms with van der Waals surface area (Å²) < 4.78 is 6.18. The molecule has 0 amide bonds. The van der Waals surface area contributed by atoms with Gasteiger partial charge >= 0.3 is 0 Å². The Morgan fingerprint density at radius 2 is 2.00 bits per heavy atom. The Labute approximate surface area is 183 Å². The predicted molar refractivity (Wildman–Crippen MR) is 121 cm³/mol. The maximum atomic E-state index is 6.46. The minimum absolute atomic E-state index is 0.288. The number of hydrogen-bond donors (Lipinski definition) is 3. The van der Waals surface area contributed by atoms with Gasteiger partial charge in [0.25, 0.3) is 0 Å². The van der Waals surface area contributed by atoms with E-state index in [4.69, 9.17) is 21.3 Å². The van der Waals surface area contributed by atoms with Crippen LogP contribution in [0.25, 0.3) is 5.70 Å². The average Bonchev–Trinajstić information content (AvgIpc) is 3.46. The van der Waals surface area contributed by atoms with Crippen molar-refractivity contribution in [3.8, 4) is 5.75 Å². The highest BCUT2D eigenvalue weighted by Gasteiger charge is 2.23. The second kappa shape index (κ2) is 9.55. The van der Waals surface area contributed by atoms with Crippen molar-refractivity contribution in [3.05, 3.63) is 35.4 Å². The lowest BCUT2D eigenvalue weighted by atomic mass is 9.98. The highest BCUT2D eigenvalue weighted by Crippen LogP contribution is 2.30. The van der Waals surface area contributed by atoms with Crippen LogP contribution in [0.4, 0.5) is 5.82 Å². The van der Waals surface area contributed by atoms with Crippen LogP contribution < -0.4 is 21.6 Å². The van der Waals surface area contributed by atoms with Gasteiger partial charge in [-0.05, 0) is 63.5 Å². The van der Waals surface area contributed by atoms with E-state index in [0.29, 0.717) is 23.8 Å². The third-order valence-electron chi connectivity index (χ3n) is 5.99. The van der Waals surface area contributed by atoms with Crippen molar-refractivity contribution in [2.75, 3.05) is 18.9 Å². The number of hydrazine groups is 1. The molecule has 0 radical (unpaired) electrons. The molecule has 2 fully saturated rings. The molecule has 0 unspecified atom stereocenters. The molecule has 0 saturated heterocycles. The number of likely N-dealkylation sites (N-methyl/N-ethyl adjacent to an activating group) is 1. The normalized spacial score (nSPS) is 17.9. The fourth-order valence-electron chi connectivity index (χ4n) is 3.92. The highest BCUT2D eigenvalue weighted by atomic mass is 16.5. The van der Waals surface area contributed by atoms with Crippen LogP contribution in [-0.2, 0) is 6.54 Å². The van der Waals surface area contributed by atoms with Gasteiger partial charge in [0.05, 0.1) is 48.2 Å². The number of rotatable bonds is 9. The third kappa shape index (κ3) is 5.66. The molecule has 2 aliphatic carbocycles. The van der Waals surface area contributed by atoms with Crippen molar-refractivity contribution in [2.45, 2.75) is 64.5 Å². The van der Waals surface area contributed by atoms with E-state index in [1.54, 1.807) is 18.0 Å². The zero-order valence-corrected chi connectivity index (χ0v) is 18.5. The van der Waals surface area contributed by atoms with Crippen molar-refractivity contribution in [1.82, 2.24) is 25.0 Å². The Morgan fingerprint density at radius 1 is 1.23 bits per heavy atom. The molecule has 0 bridgehead atoms. The Balaban J connectivity index is 1.43. The van der Waals surface area contributed by atoms with E-state index >= 15 is 0 Å². The number of pyridine rings is 1. The number of nitrogens with two attached hydrogens (primary N) is 2. The van der Waals surface area contributed by atoms with Crippen LogP contribution in [-0.4, -0.2) is 44.7 Å². The monoisotopic (exact) mass is 426 g/mol. The smallest absolute Gasteiger partial charge is 0.168 e. The van der Waals surface area contributed by atoms with E-state index in [1.807, 2.05) is 19.1 Å². The lowest BCUT2D eigenvalue weighted by Crippen LogP contribution is -2.32. The second-order valence-electron chi connectivity index (χ2n) is 8.71. The molecule has 2 aromatic rings. The van der Waals surface area contributed by atoms with Crippen LogP contribution in [0.5, 0.6) is 5.75 Å². The molecule has 0 aliphatic heterocycles. The number of hydrogen-bond acceptors (Lipinski definition) is 8. The first-order valence-corrected chi connectivity index (χ1v) is 11.3. The first-order chi connectivity index (χ1) is 15.0. The van der Waals surface area contributed by atoms with E-state index in [0.717, 1.165) is 42.4 Å². The minimum atomic E-state index is 0.288. The van der Waals surface area contributed by atoms with Gasteiger partial charge in [-0.1, -0.05) is 6.42 Å². The van der Waals surface area contributed by atoms with Crippen molar-refractivity contribution < 1.29 is 4.74 Å². The van der Waals surface area contributed by atoms with Gasteiger partial charge in [-0.3, -0.25) is 0 Å². The molecule has 9 nitrogen and oxygen atoms in total. The van der Waals surface area contributed by atoms with Crippen molar-refractivity contribution in [1.29, 1.82) is 0 Å². The van der Waals surface area contributed by atoms with Gasteiger partial charge < -0.3 is 20.8 Å². The van der Waals surface area contributed by atoms with Crippen molar-refractivity contribution in [2.24, 2.45) is 17.5 Å². The van der Waals surface area contributed by atoms with Crippen LogP contribution in [0.2, 0.25) is 0 Å². The largest absolute Gasteiger partial charge is 0.489 e. The highest BCUT2D eigenvalue weighted by molar-refractivity contribution is 5.64. The van der Waals surface area contributed by atoms with E-state index in [2.05, 4.69) is 15.5 Å². The lowest BCUT2D eigenvalue weighted by molar-refractivity contribution is 0.153. The summed E-state index contributed by atoms with van der Waals surface area (Å²) in [6, 6.07) is 3.86. The molecule has 4 rings (SSSR count). The van der Waals surface area contributed by atoms with Crippen molar-refractivity contribution >= 4 is 11.5 Å². The van der Waals surface area contributed by atoms with Crippen molar-refractivity contribution in [3.63, 3.8) is 0 Å². The molecule has 2 heterocycles. The molecular weight excluding hydrogens is 392 g/mol. The van der Waals surface area contributed by atoms with Gasteiger partial charge in [-0.25, -0.2) is 10.8 Å². The van der Waals surface area contributed by atoms with Crippen LogP contribution in [0.15, 0.2) is 24.0 Å². The summed E-state index contributed by atoms with van der Waals surface area (Å²) in [6.07, 6.45) is 10.5. The van der Waals surface area contributed by atoms with Gasteiger partial charge in [0.15, 0.2) is 5.82 Å². The Morgan fingerprint density at radius 3 is 2.68 bits per heavy atom. The first-order valence-electron chi connectivity index (χ1n) is 11.3. The van der Waals surface area contributed by atoms with Gasteiger partial charge in [-0.2, -0.15) is 9.90 Å². The Hall–Kier alpha value is -2.81. The summed E-state index contributed by atoms with van der Waals surface area (Å²) in [5.74, 6) is 8.33. The topological polar surface area (TPSA) is 120 Å². The van der Waals surface area contributed by atoms with Gasteiger partial charge in [0, 0.05) is 7.05 Å². The first kappa shape index (κ1) is 21.4. The summed E-state index contributed by atoms with van der Waals surface area (Å²) in [5.41, 5.74) is 9.22. The summed E-state index contributed by atoms with van der Waals surface area (Å²) in [6.45, 7) is 3.25. The summed E-state index contributed by atoms with van der Waals surface area (Å²) >= 11 is 0. The van der Waals surface area contributed by atoms with E-state index < -0.39 is 0 Å². The quantitative estimate of drug-likeness (QED) is 0.413. The predicted octanol–water partition coefficient (Wildman–Crippen LogP) is 2.65. The van der Waals surface area contributed by atoms with Crippen LogP contribution in [0.3, 0.4) is 0 Å². The maximum Gasteiger partial charge on any atom is 0.168 e. The summed E-state index contributed by atoms with van der Waals surface area (Å²) in [7, 11) is 1.77. The van der Waals surface area contributed by atoms with Gasteiger partial charge in [-0.15, -0.1) is 5.10 Å². The maximum absolute atomic E-state index is 6.46. The standard InChI is InChI=1S/C22H34N8O/c1-15-20(31-17-6-4-3-5-7-17)11-10-18(27-15)22(23)19(29(2)24)12-25-21-13-26-30(28-21)14-16-8-9-16/h10-11,13,16-17H,3-9,12,14,23-24H2,1-2H3,(H,25,28)/b22-19-. The second-order valence-corrected chi connectivity index (χ2v) is 8.71. The number of anilines is 1. The molecular formula is C22H34N8O. The SMILES string of the molecule is Cc1nc(/C(N)=C(\CNc2cnn(CC3CC3)n2)N(C)N)ccc1OC1CCCCC1. The Bertz CT molecular complexity index is 912. The molecule has 2 aromatic heterocycles. The third-order valence-corrected chi connectivity index (χ3v) is 5.99. The zero-order chi connectivity index (χ0) is 21.8. The average molecular weight is 427 g/mol. The fraction of sp³-hybridized carbons (Fsp3) is 0.591. The van der Waals surface area contributed by atoms with E-state index in [9.17, 15) is 0 Å². The number of aromatic nitrogens is 4. The van der Waals surface area contributed by atoms with Crippen LogP contribution in [0, 0.1) is 12.8 Å². The fourth-order valence-corrected chi connectivity index (χ4v) is 3.92. The molecule has 2 saturated carbocycles. The number of aryl methyl sites for hydroxylation is 1.